The Labute approximate surface area is 52.6 Å². The number of hydrogen-bond acceptors (Lipinski definition) is 1. The minimum Gasteiger partial charge on any atom is -0.344 e. The molecule has 0 aromatic rings. The van der Waals surface area contributed by atoms with Crippen molar-refractivity contribution in [2.75, 3.05) is 0 Å². The molecule has 0 aliphatic carbocycles. The van der Waals surface area contributed by atoms with Gasteiger partial charge in [0, 0.05) is 0 Å². The molecule has 0 saturated carbocycles. The van der Waals surface area contributed by atoms with Crippen LogP contribution in [0.5, 0.6) is 0 Å². The van der Waals surface area contributed by atoms with Crippen LogP contribution in [0.25, 0.3) is 0 Å². The first-order valence-electron chi connectivity index (χ1n) is 1.84. The highest BCUT2D eigenvalue weighted by Gasteiger charge is 2.46. The minimum atomic E-state index is -5.44. The summed E-state index contributed by atoms with van der Waals surface area (Å²) in [5.41, 5.74) is 0. The predicted molar refractivity (Wildman–Crippen MR) is 22.0 cm³/mol. The van der Waals surface area contributed by atoms with Gasteiger partial charge in [0.25, 0.3) is 12.6 Å². The third-order valence-corrected chi connectivity index (χ3v) is 0.534. The zero-order valence-corrected chi connectivity index (χ0v) is 4.63. The topological polar surface area (TPSA) is 35.0 Å². The van der Waals surface area contributed by atoms with Crippen LogP contribution in [0, 0.1) is 0 Å². The molecule has 0 heterocycles. The van der Waals surface area contributed by atoms with Gasteiger partial charge >= 0.3 is 6.18 Å². The van der Waals surface area contributed by atoms with Gasteiger partial charge in [-0.15, -0.1) is 0 Å². The lowest BCUT2D eigenvalue weighted by atomic mass is 10.4. The SMILES string of the molecule is FC(F)C(F)C(F)(F)F.N. The van der Waals surface area contributed by atoms with Crippen LogP contribution >= 0.6 is 0 Å². The van der Waals surface area contributed by atoms with Gasteiger partial charge < -0.3 is 6.15 Å². The molecule has 0 radical (unpaired) electrons. The Balaban J connectivity index is 0. The molecule has 1 unspecified atom stereocenters. The van der Waals surface area contributed by atoms with Crippen molar-refractivity contribution < 1.29 is 26.3 Å². The molecule has 0 fully saturated rings. The number of halogens is 6. The van der Waals surface area contributed by atoms with Gasteiger partial charge in [-0.3, -0.25) is 0 Å². The summed E-state index contributed by atoms with van der Waals surface area (Å²) in [6.45, 7) is 0. The van der Waals surface area contributed by atoms with Gasteiger partial charge in [-0.05, 0) is 0 Å². The maximum Gasteiger partial charge on any atom is 0.425 e. The second-order valence-corrected chi connectivity index (χ2v) is 1.28. The van der Waals surface area contributed by atoms with Gasteiger partial charge in [0.05, 0.1) is 0 Å². The molecular weight excluding hydrogens is 164 g/mol. The zero-order valence-electron chi connectivity index (χ0n) is 4.63. The van der Waals surface area contributed by atoms with Crippen LogP contribution < -0.4 is 6.15 Å². The molecule has 0 amide bonds. The fourth-order valence-corrected chi connectivity index (χ4v) is 0.143. The van der Waals surface area contributed by atoms with Crippen molar-refractivity contribution in [1.29, 1.82) is 0 Å². The lowest BCUT2D eigenvalue weighted by Crippen LogP contribution is -2.30. The lowest BCUT2D eigenvalue weighted by molar-refractivity contribution is -0.211. The third kappa shape index (κ3) is 3.54. The van der Waals surface area contributed by atoms with Gasteiger partial charge in [-0.25, -0.2) is 13.2 Å². The molecule has 10 heavy (non-hydrogen) atoms. The van der Waals surface area contributed by atoms with Crippen LogP contribution in [0.15, 0.2) is 0 Å². The van der Waals surface area contributed by atoms with Crippen molar-refractivity contribution in [3.8, 4) is 0 Å². The zero-order chi connectivity index (χ0) is 7.65. The van der Waals surface area contributed by atoms with E-state index < -0.39 is 18.8 Å². The van der Waals surface area contributed by atoms with E-state index in [4.69, 9.17) is 0 Å². The highest BCUT2D eigenvalue weighted by atomic mass is 19.4. The van der Waals surface area contributed by atoms with Gasteiger partial charge in [-0.2, -0.15) is 13.2 Å². The van der Waals surface area contributed by atoms with Crippen LogP contribution in [0.4, 0.5) is 26.3 Å². The van der Waals surface area contributed by atoms with Gasteiger partial charge in [0.1, 0.15) is 0 Å². The van der Waals surface area contributed by atoms with E-state index in [9.17, 15) is 26.3 Å². The monoisotopic (exact) mass is 169 g/mol. The average Bonchev–Trinajstić information content (AvgIpc) is 1.62. The molecule has 0 saturated heterocycles. The maximum absolute atomic E-state index is 11.2. The molecule has 0 aromatic carbocycles. The summed E-state index contributed by atoms with van der Waals surface area (Å²) in [6, 6.07) is 0. The highest BCUT2D eigenvalue weighted by Crippen LogP contribution is 2.27. The average molecular weight is 169 g/mol. The molecule has 0 rings (SSSR count). The van der Waals surface area contributed by atoms with E-state index in [1.54, 1.807) is 0 Å². The first-order chi connectivity index (χ1) is 3.85. The molecule has 64 valence electrons. The quantitative estimate of drug-likeness (QED) is 0.600. The van der Waals surface area contributed by atoms with Crippen LogP contribution in [0.1, 0.15) is 0 Å². The number of alkyl halides is 6. The summed E-state index contributed by atoms with van der Waals surface area (Å²) in [5, 5.41) is 0. The molecule has 1 nitrogen and oxygen atoms in total. The standard InChI is InChI=1S/C3H2F6.H3N/c4-1(2(5)6)3(7,8)9;/h1-2H;1H3. The molecule has 0 spiro atoms. The van der Waals surface area contributed by atoms with Crippen molar-refractivity contribution in [1.82, 2.24) is 6.15 Å². The Morgan fingerprint density at radius 2 is 1.20 bits per heavy atom. The molecule has 0 aromatic heterocycles. The normalized spacial score (nSPS) is 14.7. The van der Waals surface area contributed by atoms with E-state index in [0.29, 0.717) is 0 Å². The van der Waals surface area contributed by atoms with Crippen molar-refractivity contribution in [2.45, 2.75) is 18.8 Å². The highest BCUT2D eigenvalue weighted by molar-refractivity contribution is 4.67. The summed E-state index contributed by atoms with van der Waals surface area (Å²) >= 11 is 0. The van der Waals surface area contributed by atoms with Crippen molar-refractivity contribution in [3.05, 3.63) is 0 Å². The van der Waals surface area contributed by atoms with Crippen LogP contribution in [-0.2, 0) is 0 Å². The summed E-state index contributed by atoms with van der Waals surface area (Å²) in [5.74, 6) is 0. The van der Waals surface area contributed by atoms with E-state index in [1.165, 1.54) is 0 Å². The van der Waals surface area contributed by atoms with E-state index in [1.807, 2.05) is 0 Å². The molecule has 0 bridgehead atoms. The van der Waals surface area contributed by atoms with E-state index >= 15 is 0 Å². The fraction of sp³-hybridized carbons (Fsp3) is 1.00. The van der Waals surface area contributed by atoms with Crippen LogP contribution in [0.2, 0.25) is 0 Å². The summed E-state index contributed by atoms with van der Waals surface area (Å²) < 4.78 is 65.4. The molecular formula is C3H5F6N. The lowest BCUT2D eigenvalue weighted by Gasteiger charge is -2.09. The van der Waals surface area contributed by atoms with Gasteiger partial charge in [0.15, 0.2) is 0 Å². The first-order valence-corrected chi connectivity index (χ1v) is 1.84. The second kappa shape index (κ2) is 3.65. The molecule has 0 aliphatic rings. The van der Waals surface area contributed by atoms with E-state index in [2.05, 4.69) is 0 Å². The Kier molecular flexibility index (Phi) is 4.46. The molecule has 1 atom stereocenters. The van der Waals surface area contributed by atoms with E-state index in [-0.39, 0.29) is 6.15 Å². The number of hydrogen-bond donors (Lipinski definition) is 1. The van der Waals surface area contributed by atoms with Crippen LogP contribution in [0.3, 0.4) is 0 Å². The van der Waals surface area contributed by atoms with Gasteiger partial charge in [0.2, 0.25) is 0 Å². The Hall–Kier alpha value is -0.460. The summed E-state index contributed by atoms with van der Waals surface area (Å²) in [4.78, 5) is 0. The molecule has 0 aliphatic heterocycles. The van der Waals surface area contributed by atoms with Crippen molar-refractivity contribution in [3.63, 3.8) is 0 Å². The largest absolute Gasteiger partial charge is 0.425 e. The van der Waals surface area contributed by atoms with Crippen molar-refractivity contribution in [2.24, 2.45) is 0 Å². The summed E-state index contributed by atoms with van der Waals surface area (Å²) in [7, 11) is 0. The Morgan fingerprint density at radius 1 is 0.900 bits per heavy atom. The predicted octanol–water partition coefficient (Wildman–Crippen LogP) is 2.31. The minimum absolute atomic E-state index is 0. The van der Waals surface area contributed by atoms with Crippen molar-refractivity contribution >= 4 is 0 Å². The second-order valence-electron chi connectivity index (χ2n) is 1.28. The maximum atomic E-state index is 11.2. The third-order valence-electron chi connectivity index (χ3n) is 0.534. The fourth-order valence-electron chi connectivity index (χ4n) is 0.143. The molecule has 3 N–H and O–H groups in total. The summed E-state index contributed by atoms with van der Waals surface area (Å²) in [6.07, 6.45) is -13.4. The number of rotatable bonds is 1. The van der Waals surface area contributed by atoms with E-state index in [0.717, 1.165) is 0 Å². The Morgan fingerprint density at radius 3 is 1.20 bits per heavy atom. The Bertz CT molecular complexity index is 87.5. The molecule has 7 heteroatoms. The van der Waals surface area contributed by atoms with Gasteiger partial charge in [-0.1, -0.05) is 0 Å². The smallest absolute Gasteiger partial charge is 0.344 e. The van der Waals surface area contributed by atoms with Crippen LogP contribution in [-0.4, -0.2) is 18.8 Å². The first kappa shape index (κ1) is 12.2.